The van der Waals surface area contributed by atoms with Crippen LogP contribution < -0.4 is 5.63 Å². The average molecular weight is 202 g/mol. The Kier molecular flexibility index (Phi) is 2.35. The summed E-state index contributed by atoms with van der Waals surface area (Å²) in [4.78, 5) is 11.2. The SMILES string of the molecule is Cc1cc(=O)oc2cc(C(C)C)ccc12. The maximum atomic E-state index is 11.2. The molecule has 1 aromatic heterocycles. The van der Waals surface area contributed by atoms with Crippen molar-refractivity contribution >= 4 is 11.0 Å². The first-order valence-electron chi connectivity index (χ1n) is 5.12. The Balaban J connectivity index is 2.76. The lowest BCUT2D eigenvalue weighted by atomic mass is 10.0. The third kappa shape index (κ3) is 1.80. The summed E-state index contributed by atoms with van der Waals surface area (Å²) in [5.74, 6) is 0.445. The van der Waals surface area contributed by atoms with Crippen LogP contribution in [0.5, 0.6) is 0 Å². The minimum atomic E-state index is -0.277. The number of aryl methyl sites for hydroxylation is 1. The van der Waals surface area contributed by atoms with Crippen LogP contribution in [0.25, 0.3) is 11.0 Å². The highest BCUT2D eigenvalue weighted by Crippen LogP contribution is 2.22. The van der Waals surface area contributed by atoms with Gasteiger partial charge in [0.2, 0.25) is 0 Å². The van der Waals surface area contributed by atoms with E-state index in [2.05, 4.69) is 19.9 Å². The lowest BCUT2D eigenvalue weighted by Gasteiger charge is -2.06. The molecule has 0 atom stereocenters. The summed E-state index contributed by atoms with van der Waals surface area (Å²) in [5.41, 5.74) is 2.57. The van der Waals surface area contributed by atoms with Gasteiger partial charge >= 0.3 is 5.63 Å². The van der Waals surface area contributed by atoms with E-state index in [0.717, 1.165) is 10.9 Å². The van der Waals surface area contributed by atoms with Crippen LogP contribution in [0.15, 0.2) is 33.5 Å². The molecule has 0 bridgehead atoms. The maximum absolute atomic E-state index is 11.2. The number of rotatable bonds is 1. The highest BCUT2D eigenvalue weighted by molar-refractivity contribution is 5.80. The van der Waals surface area contributed by atoms with E-state index in [1.165, 1.54) is 11.6 Å². The second-order valence-electron chi connectivity index (χ2n) is 4.16. The van der Waals surface area contributed by atoms with Crippen molar-refractivity contribution in [2.24, 2.45) is 0 Å². The molecule has 0 spiro atoms. The van der Waals surface area contributed by atoms with Gasteiger partial charge in [0.05, 0.1) is 0 Å². The first kappa shape index (κ1) is 9.97. The summed E-state index contributed by atoms with van der Waals surface area (Å²) in [6.07, 6.45) is 0. The summed E-state index contributed by atoms with van der Waals surface area (Å²) >= 11 is 0. The zero-order valence-corrected chi connectivity index (χ0v) is 9.20. The van der Waals surface area contributed by atoms with Crippen molar-refractivity contribution in [2.45, 2.75) is 26.7 Å². The van der Waals surface area contributed by atoms with E-state index >= 15 is 0 Å². The Morgan fingerprint density at radius 1 is 1.20 bits per heavy atom. The van der Waals surface area contributed by atoms with E-state index in [0.29, 0.717) is 11.5 Å². The van der Waals surface area contributed by atoms with Crippen LogP contribution in [0, 0.1) is 6.92 Å². The Bertz CT molecular complexity index is 550. The predicted octanol–water partition coefficient (Wildman–Crippen LogP) is 3.22. The van der Waals surface area contributed by atoms with Gasteiger partial charge in [-0.3, -0.25) is 0 Å². The minimum absolute atomic E-state index is 0.277. The third-order valence-corrected chi connectivity index (χ3v) is 2.64. The van der Waals surface area contributed by atoms with Gasteiger partial charge in [-0.15, -0.1) is 0 Å². The highest BCUT2D eigenvalue weighted by Gasteiger charge is 2.05. The van der Waals surface area contributed by atoms with Crippen LogP contribution in [0.3, 0.4) is 0 Å². The summed E-state index contributed by atoms with van der Waals surface area (Å²) < 4.78 is 5.18. The molecule has 78 valence electrons. The quantitative estimate of drug-likeness (QED) is 0.664. The normalized spacial score (nSPS) is 11.2. The molecule has 1 heterocycles. The van der Waals surface area contributed by atoms with Crippen LogP contribution in [-0.2, 0) is 0 Å². The first-order chi connectivity index (χ1) is 7.08. The average Bonchev–Trinajstić information content (AvgIpc) is 2.16. The van der Waals surface area contributed by atoms with E-state index < -0.39 is 0 Å². The van der Waals surface area contributed by atoms with Crippen molar-refractivity contribution in [3.05, 3.63) is 45.8 Å². The van der Waals surface area contributed by atoms with Gasteiger partial charge in [0.1, 0.15) is 5.58 Å². The molecule has 0 aliphatic rings. The fourth-order valence-electron chi connectivity index (χ4n) is 1.70. The Hall–Kier alpha value is -1.57. The summed E-state index contributed by atoms with van der Waals surface area (Å²) in [5, 5.41) is 1.01. The van der Waals surface area contributed by atoms with Crippen molar-refractivity contribution in [2.75, 3.05) is 0 Å². The molecule has 0 amide bonds. The molecule has 1 aromatic carbocycles. The topological polar surface area (TPSA) is 30.2 Å². The molecule has 0 saturated heterocycles. The lowest BCUT2D eigenvalue weighted by molar-refractivity contribution is 0.559. The smallest absolute Gasteiger partial charge is 0.336 e. The van der Waals surface area contributed by atoms with Crippen LogP contribution in [-0.4, -0.2) is 0 Å². The van der Waals surface area contributed by atoms with Crippen molar-refractivity contribution in [3.8, 4) is 0 Å². The molecule has 0 saturated carbocycles. The van der Waals surface area contributed by atoms with E-state index in [9.17, 15) is 4.79 Å². The number of benzene rings is 1. The largest absolute Gasteiger partial charge is 0.423 e. The lowest BCUT2D eigenvalue weighted by Crippen LogP contribution is -1.98. The number of fused-ring (bicyclic) bond motifs is 1. The second kappa shape index (κ2) is 3.54. The molecule has 0 N–H and O–H groups in total. The summed E-state index contributed by atoms with van der Waals surface area (Å²) in [6, 6.07) is 7.58. The van der Waals surface area contributed by atoms with E-state index in [-0.39, 0.29) is 5.63 Å². The molecular weight excluding hydrogens is 188 g/mol. The van der Waals surface area contributed by atoms with Crippen molar-refractivity contribution < 1.29 is 4.42 Å². The summed E-state index contributed by atoms with van der Waals surface area (Å²) in [7, 11) is 0. The Labute approximate surface area is 88.5 Å². The molecule has 2 heteroatoms. The van der Waals surface area contributed by atoms with Crippen LogP contribution in [0.4, 0.5) is 0 Å². The predicted molar refractivity (Wildman–Crippen MR) is 61.3 cm³/mol. The fraction of sp³-hybridized carbons (Fsp3) is 0.308. The zero-order chi connectivity index (χ0) is 11.0. The van der Waals surface area contributed by atoms with Crippen molar-refractivity contribution in [1.82, 2.24) is 0 Å². The van der Waals surface area contributed by atoms with Gasteiger partial charge in [0, 0.05) is 11.5 Å². The van der Waals surface area contributed by atoms with Gasteiger partial charge in [-0.1, -0.05) is 26.0 Å². The maximum Gasteiger partial charge on any atom is 0.336 e. The fourth-order valence-corrected chi connectivity index (χ4v) is 1.70. The standard InChI is InChI=1S/C13H14O2/c1-8(2)10-4-5-11-9(3)6-13(14)15-12(11)7-10/h4-8H,1-3H3. The second-order valence-corrected chi connectivity index (χ2v) is 4.16. The third-order valence-electron chi connectivity index (χ3n) is 2.64. The van der Waals surface area contributed by atoms with Crippen LogP contribution >= 0.6 is 0 Å². The van der Waals surface area contributed by atoms with Crippen LogP contribution in [0.1, 0.15) is 30.9 Å². The van der Waals surface area contributed by atoms with Gasteiger partial charge in [-0.05, 0) is 30.0 Å². The van der Waals surface area contributed by atoms with Gasteiger partial charge in [0.25, 0.3) is 0 Å². The highest BCUT2D eigenvalue weighted by atomic mass is 16.4. The molecule has 0 aliphatic carbocycles. The molecule has 0 unspecified atom stereocenters. The minimum Gasteiger partial charge on any atom is -0.423 e. The molecule has 15 heavy (non-hydrogen) atoms. The monoisotopic (exact) mass is 202 g/mol. The van der Waals surface area contributed by atoms with Gasteiger partial charge < -0.3 is 4.42 Å². The number of hydrogen-bond donors (Lipinski definition) is 0. The van der Waals surface area contributed by atoms with Crippen molar-refractivity contribution in [1.29, 1.82) is 0 Å². The molecule has 2 aromatic rings. The van der Waals surface area contributed by atoms with E-state index in [1.54, 1.807) is 0 Å². The first-order valence-corrected chi connectivity index (χ1v) is 5.12. The molecule has 2 nitrogen and oxygen atoms in total. The Morgan fingerprint density at radius 3 is 2.60 bits per heavy atom. The molecule has 0 fully saturated rings. The van der Waals surface area contributed by atoms with Gasteiger partial charge in [-0.2, -0.15) is 0 Å². The summed E-state index contributed by atoms with van der Waals surface area (Å²) in [6.45, 7) is 6.17. The van der Waals surface area contributed by atoms with Crippen molar-refractivity contribution in [3.63, 3.8) is 0 Å². The zero-order valence-electron chi connectivity index (χ0n) is 9.20. The molecule has 2 rings (SSSR count). The van der Waals surface area contributed by atoms with E-state index in [1.807, 2.05) is 19.1 Å². The Morgan fingerprint density at radius 2 is 1.93 bits per heavy atom. The number of hydrogen-bond acceptors (Lipinski definition) is 2. The van der Waals surface area contributed by atoms with Crippen LogP contribution in [0.2, 0.25) is 0 Å². The van der Waals surface area contributed by atoms with Gasteiger partial charge in [0.15, 0.2) is 0 Å². The van der Waals surface area contributed by atoms with Gasteiger partial charge in [-0.25, -0.2) is 4.79 Å². The molecular formula is C13H14O2. The molecule has 0 aliphatic heterocycles. The molecule has 0 radical (unpaired) electrons. The van der Waals surface area contributed by atoms with E-state index in [4.69, 9.17) is 4.42 Å².